The van der Waals surface area contributed by atoms with Crippen LogP contribution in [0.1, 0.15) is 0 Å². The van der Waals surface area contributed by atoms with Gasteiger partial charge >= 0.3 is 8.25 Å². The van der Waals surface area contributed by atoms with E-state index in [1.807, 2.05) is 0 Å². The molecule has 0 aliphatic rings. The van der Waals surface area contributed by atoms with Crippen LogP contribution in [-0.4, -0.2) is 12.2 Å². The molecule has 0 amide bonds. The van der Waals surface area contributed by atoms with Gasteiger partial charge in [-0.1, -0.05) is 22.2 Å². The molecule has 0 saturated carbocycles. The van der Waals surface area contributed by atoms with Gasteiger partial charge in [0.2, 0.25) is 12.2 Å². The van der Waals surface area contributed by atoms with Crippen molar-refractivity contribution in [1.82, 2.24) is 0 Å². The second-order valence-corrected chi connectivity index (χ2v) is 2.87. The molecule has 0 aromatic carbocycles. The summed E-state index contributed by atoms with van der Waals surface area (Å²) in [4.78, 5) is 0. The van der Waals surface area contributed by atoms with Gasteiger partial charge in [-0.3, -0.25) is 0 Å². The van der Waals surface area contributed by atoms with Crippen molar-refractivity contribution >= 4 is 8.25 Å². The van der Waals surface area contributed by atoms with Crippen molar-refractivity contribution in [3.63, 3.8) is 0 Å². The van der Waals surface area contributed by atoms with Crippen molar-refractivity contribution in [3.05, 3.63) is 25.3 Å². The van der Waals surface area contributed by atoms with E-state index in [1.54, 1.807) is 12.1 Å². The predicted octanol–water partition coefficient (Wildman–Crippen LogP) is 1.83. The average Bonchev–Trinajstić information content (AvgIpc) is 2.22. The van der Waals surface area contributed by atoms with E-state index in [4.69, 9.17) is 10.5 Å². The van der Waals surface area contributed by atoms with Crippen molar-refractivity contribution < 1.29 is 13.6 Å². The first-order chi connectivity index (χ1) is 6.67. The number of nitriles is 2. The van der Waals surface area contributed by atoms with E-state index in [0.29, 0.717) is 0 Å². The molecule has 0 spiro atoms. The van der Waals surface area contributed by atoms with Crippen LogP contribution in [0, 0.1) is 22.7 Å². The first-order valence-electron chi connectivity index (χ1n) is 3.53. The smallest absolute Gasteiger partial charge is 0.195 e. The molecule has 0 aliphatic carbocycles. The molecule has 0 bridgehead atoms. The zero-order chi connectivity index (χ0) is 11.0. The molecule has 0 radical (unpaired) electrons. The molecule has 6 heteroatoms. The Kier molecular flexibility index (Phi) is 6.19. The summed E-state index contributed by atoms with van der Waals surface area (Å²) in [6.45, 7) is 6.58. The monoisotopic (exact) mass is 211 g/mol. The Morgan fingerprint density at radius 2 is 1.50 bits per heavy atom. The molecule has 2 unspecified atom stereocenters. The minimum atomic E-state index is -2.52. The van der Waals surface area contributed by atoms with Gasteiger partial charge in [-0.05, 0) is 12.2 Å². The molecular weight excluding hydrogens is 203 g/mol. The highest BCUT2D eigenvalue weighted by molar-refractivity contribution is 7.33. The third kappa shape index (κ3) is 4.49. The first kappa shape index (κ1) is 12.5. The lowest BCUT2D eigenvalue weighted by Crippen LogP contribution is -2.05. The Hall–Kier alpha value is -1.52. The molecule has 0 saturated heterocycles. The van der Waals surface area contributed by atoms with Gasteiger partial charge in [0.15, 0.2) is 0 Å². The summed E-state index contributed by atoms with van der Waals surface area (Å²) in [5, 5.41) is 16.8. The maximum absolute atomic E-state index is 11.0. The van der Waals surface area contributed by atoms with Crippen LogP contribution in [-0.2, 0) is 13.6 Å². The molecule has 72 valence electrons. The normalized spacial score (nSPS) is 14.3. The van der Waals surface area contributed by atoms with E-state index < -0.39 is 20.5 Å². The van der Waals surface area contributed by atoms with Crippen LogP contribution in [0.25, 0.3) is 0 Å². The van der Waals surface area contributed by atoms with Crippen molar-refractivity contribution in [3.8, 4) is 12.1 Å². The highest BCUT2D eigenvalue weighted by Gasteiger charge is 2.29. The molecule has 2 atom stereocenters. The third-order valence-electron chi connectivity index (χ3n) is 1.08. The van der Waals surface area contributed by atoms with E-state index in [-0.39, 0.29) is 0 Å². The molecule has 0 aromatic heterocycles. The van der Waals surface area contributed by atoms with Crippen molar-refractivity contribution in [1.29, 1.82) is 10.5 Å². The van der Waals surface area contributed by atoms with Gasteiger partial charge in [-0.25, -0.2) is 0 Å². The molecule has 0 heterocycles. The topological polar surface area (TPSA) is 83.1 Å². The fourth-order valence-corrected chi connectivity index (χ4v) is 1.14. The molecule has 0 rings (SSSR count). The van der Waals surface area contributed by atoms with Crippen LogP contribution in [0.4, 0.5) is 0 Å². The van der Waals surface area contributed by atoms with Gasteiger partial charge in [-0.2, -0.15) is 10.5 Å². The summed E-state index contributed by atoms with van der Waals surface area (Å²) in [6.07, 6.45) is 0.322. The second kappa shape index (κ2) is 6.94. The fraction of sp³-hybridized carbons (Fsp3) is 0.250. The first-order valence-corrected chi connectivity index (χ1v) is 4.62. The van der Waals surface area contributed by atoms with Crippen LogP contribution < -0.4 is 0 Å². The quantitative estimate of drug-likeness (QED) is 0.494. The van der Waals surface area contributed by atoms with Crippen LogP contribution >= 0.6 is 8.25 Å². The van der Waals surface area contributed by atoms with Gasteiger partial charge in [-0.15, -0.1) is 0 Å². The molecular formula is C8H8N2O3P+. The molecule has 0 aromatic rings. The highest BCUT2D eigenvalue weighted by Crippen LogP contribution is 2.28. The summed E-state index contributed by atoms with van der Waals surface area (Å²) in [6, 6.07) is 3.36. The van der Waals surface area contributed by atoms with Gasteiger partial charge < -0.3 is 0 Å². The van der Waals surface area contributed by atoms with Crippen molar-refractivity contribution in [2.75, 3.05) is 0 Å². The Morgan fingerprint density at radius 1 is 1.14 bits per heavy atom. The lowest BCUT2D eigenvalue weighted by Gasteiger charge is -1.94. The van der Waals surface area contributed by atoms with Crippen LogP contribution in [0.3, 0.4) is 0 Å². The number of hydrogen-bond donors (Lipinski definition) is 0. The van der Waals surface area contributed by atoms with Crippen molar-refractivity contribution in [2.45, 2.75) is 12.2 Å². The van der Waals surface area contributed by atoms with E-state index in [0.717, 1.165) is 0 Å². The SMILES string of the molecule is C=CC(C#N)O[P+](=O)OC(C#N)C=C. The average molecular weight is 211 g/mol. The number of rotatable bonds is 6. The second-order valence-electron chi connectivity index (χ2n) is 2.01. The Morgan fingerprint density at radius 3 is 1.71 bits per heavy atom. The van der Waals surface area contributed by atoms with E-state index >= 15 is 0 Å². The Labute approximate surface area is 82.8 Å². The van der Waals surface area contributed by atoms with Gasteiger partial charge in [0.1, 0.15) is 12.1 Å². The van der Waals surface area contributed by atoms with Crippen LogP contribution in [0.15, 0.2) is 25.3 Å². The summed E-state index contributed by atoms with van der Waals surface area (Å²) in [5.74, 6) is 0. The largest absolute Gasteiger partial charge is 0.700 e. The maximum atomic E-state index is 11.0. The molecule has 0 fully saturated rings. The molecule has 5 nitrogen and oxygen atoms in total. The minimum Gasteiger partial charge on any atom is -0.195 e. The summed E-state index contributed by atoms with van der Waals surface area (Å²) in [7, 11) is -2.52. The van der Waals surface area contributed by atoms with Gasteiger partial charge in [0, 0.05) is 4.57 Å². The van der Waals surface area contributed by atoms with Gasteiger partial charge in [0.25, 0.3) is 0 Å². The fourth-order valence-electron chi connectivity index (χ4n) is 0.449. The maximum Gasteiger partial charge on any atom is 0.700 e. The van der Waals surface area contributed by atoms with Crippen LogP contribution in [0.5, 0.6) is 0 Å². The lowest BCUT2D eigenvalue weighted by molar-refractivity contribution is 0.211. The van der Waals surface area contributed by atoms with E-state index in [9.17, 15) is 4.57 Å². The van der Waals surface area contributed by atoms with Crippen LogP contribution in [0.2, 0.25) is 0 Å². The highest BCUT2D eigenvalue weighted by atomic mass is 31.1. The minimum absolute atomic E-state index is 1.01. The molecule has 14 heavy (non-hydrogen) atoms. The standard InChI is InChI=1S/C8H8N2O3P/c1-3-7(5-9)12-14(11)13-8(4-2)6-10/h3-4,7-8H,1-2H2/q+1. The summed E-state index contributed by atoms with van der Waals surface area (Å²) in [5.41, 5.74) is 0. The lowest BCUT2D eigenvalue weighted by atomic mass is 10.4. The molecule has 0 aliphatic heterocycles. The Balaban J connectivity index is 4.12. The van der Waals surface area contributed by atoms with Crippen molar-refractivity contribution in [2.24, 2.45) is 0 Å². The van der Waals surface area contributed by atoms with Gasteiger partial charge in [0.05, 0.1) is 0 Å². The zero-order valence-corrected chi connectivity index (χ0v) is 8.18. The van der Waals surface area contributed by atoms with E-state index in [1.165, 1.54) is 12.2 Å². The number of hydrogen-bond acceptors (Lipinski definition) is 5. The zero-order valence-electron chi connectivity index (χ0n) is 7.29. The van der Waals surface area contributed by atoms with E-state index in [2.05, 4.69) is 22.2 Å². The predicted molar refractivity (Wildman–Crippen MR) is 49.0 cm³/mol. The Bertz CT molecular complexity index is 286. The number of nitrogens with zero attached hydrogens (tertiary/aromatic N) is 2. The summed E-state index contributed by atoms with van der Waals surface area (Å²) >= 11 is 0. The third-order valence-corrected chi connectivity index (χ3v) is 1.88. The molecule has 0 N–H and O–H groups in total. The summed E-state index contributed by atoms with van der Waals surface area (Å²) < 4.78 is 20.2.